The van der Waals surface area contributed by atoms with Crippen LogP contribution in [0, 0.1) is 0 Å². The van der Waals surface area contributed by atoms with Gasteiger partial charge in [0.15, 0.2) is 0 Å². The molecule has 1 saturated heterocycles. The number of piperidine rings is 1. The second-order valence-corrected chi connectivity index (χ2v) is 4.17. The average molecular weight is 195 g/mol. The summed E-state index contributed by atoms with van der Waals surface area (Å²) < 4.78 is 1.77. The Balaban J connectivity index is 2.21. The molecule has 1 aliphatic rings. The predicted octanol–water partition coefficient (Wildman–Crippen LogP) is 0.333. The van der Waals surface area contributed by atoms with Gasteiger partial charge < -0.3 is 10.0 Å². The molecule has 2 heterocycles. The maximum absolute atomic E-state index is 10.4. The van der Waals surface area contributed by atoms with Gasteiger partial charge in [-0.05, 0) is 26.0 Å². The summed E-state index contributed by atoms with van der Waals surface area (Å²) in [4.78, 5) is 2.24. The summed E-state index contributed by atoms with van der Waals surface area (Å²) in [6.07, 6.45) is 3.33. The van der Waals surface area contributed by atoms with Crippen LogP contribution in [0.4, 0.5) is 0 Å². The summed E-state index contributed by atoms with van der Waals surface area (Å²) in [6, 6.07) is 1.91. The van der Waals surface area contributed by atoms with Crippen molar-refractivity contribution < 1.29 is 5.11 Å². The lowest BCUT2D eigenvalue weighted by Crippen LogP contribution is -2.41. The molecule has 0 radical (unpaired) electrons. The summed E-state index contributed by atoms with van der Waals surface area (Å²) in [6.45, 7) is 1.89. The van der Waals surface area contributed by atoms with Crippen molar-refractivity contribution in [2.24, 2.45) is 7.05 Å². The molecular weight excluding hydrogens is 178 g/mol. The molecule has 4 heteroatoms. The van der Waals surface area contributed by atoms with Gasteiger partial charge in [0.05, 0.1) is 5.69 Å². The summed E-state index contributed by atoms with van der Waals surface area (Å²) in [5.41, 5.74) is 0.267. The second-order valence-electron chi connectivity index (χ2n) is 4.17. The molecule has 0 bridgehead atoms. The van der Waals surface area contributed by atoms with E-state index < -0.39 is 5.60 Å². The van der Waals surface area contributed by atoms with E-state index in [-0.39, 0.29) is 0 Å². The zero-order chi connectivity index (χ0) is 10.2. The molecule has 0 amide bonds. The van der Waals surface area contributed by atoms with Crippen molar-refractivity contribution in [1.29, 1.82) is 0 Å². The van der Waals surface area contributed by atoms with E-state index in [2.05, 4.69) is 17.0 Å². The molecule has 0 atom stereocenters. The van der Waals surface area contributed by atoms with Gasteiger partial charge in [0.1, 0.15) is 5.60 Å². The van der Waals surface area contributed by atoms with Gasteiger partial charge in [-0.3, -0.25) is 4.68 Å². The van der Waals surface area contributed by atoms with Crippen molar-refractivity contribution in [2.45, 2.75) is 18.4 Å². The van der Waals surface area contributed by atoms with Gasteiger partial charge in [-0.2, -0.15) is 5.10 Å². The second kappa shape index (κ2) is 3.37. The summed E-state index contributed by atoms with van der Waals surface area (Å²) in [7, 11) is 3.97. The predicted molar refractivity (Wildman–Crippen MR) is 53.8 cm³/mol. The smallest absolute Gasteiger partial charge is 0.109 e. The largest absolute Gasteiger partial charge is 0.383 e. The number of nitrogens with zero attached hydrogens (tertiary/aromatic N) is 3. The SMILES string of the molecule is CN1CCC(O)(c2ccnn2C)CC1. The summed E-state index contributed by atoms with van der Waals surface area (Å²) in [5.74, 6) is 0. The first-order chi connectivity index (χ1) is 6.62. The Morgan fingerprint density at radius 2 is 2.00 bits per heavy atom. The monoisotopic (exact) mass is 195 g/mol. The fourth-order valence-corrected chi connectivity index (χ4v) is 2.07. The van der Waals surface area contributed by atoms with Crippen LogP contribution in [-0.2, 0) is 12.6 Å². The van der Waals surface area contributed by atoms with Gasteiger partial charge in [-0.25, -0.2) is 0 Å². The zero-order valence-electron chi connectivity index (χ0n) is 8.77. The highest BCUT2D eigenvalue weighted by Crippen LogP contribution is 2.31. The third-order valence-electron chi connectivity index (χ3n) is 3.11. The van der Waals surface area contributed by atoms with Crippen molar-refractivity contribution in [3.05, 3.63) is 18.0 Å². The fraction of sp³-hybridized carbons (Fsp3) is 0.700. The van der Waals surface area contributed by atoms with Crippen LogP contribution in [0.1, 0.15) is 18.5 Å². The van der Waals surface area contributed by atoms with Crippen molar-refractivity contribution >= 4 is 0 Å². The lowest BCUT2D eigenvalue weighted by Gasteiger charge is -2.36. The number of aromatic nitrogens is 2. The van der Waals surface area contributed by atoms with Crippen LogP contribution in [-0.4, -0.2) is 39.9 Å². The summed E-state index contributed by atoms with van der Waals surface area (Å²) >= 11 is 0. The quantitative estimate of drug-likeness (QED) is 0.702. The molecular formula is C10H17N3O. The van der Waals surface area contributed by atoms with Crippen molar-refractivity contribution in [1.82, 2.24) is 14.7 Å². The maximum atomic E-state index is 10.4. The topological polar surface area (TPSA) is 41.3 Å². The number of likely N-dealkylation sites (tertiary alicyclic amines) is 1. The number of hydrogen-bond donors (Lipinski definition) is 1. The van der Waals surface area contributed by atoms with Gasteiger partial charge in [0, 0.05) is 26.3 Å². The third kappa shape index (κ3) is 1.55. The highest BCUT2D eigenvalue weighted by atomic mass is 16.3. The molecule has 14 heavy (non-hydrogen) atoms. The molecule has 1 aromatic rings. The fourth-order valence-electron chi connectivity index (χ4n) is 2.07. The van der Waals surface area contributed by atoms with Crippen molar-refractivity contribution in [2.75, 3.05) is 20.1 Å². The number of aryl methyl sites for hydroxylation is 1. The lowest BCUT2D eigenvalue weighted by atomic mass is 9.88. The lowest BCUT2D eigenvalue weighted by molar-refractivity contribution is -0.0267. The minimum atomic E-state index is -0.669. The van der Waals surface area contributed by atoms with Crippen LogP contribution in [0.5, 0.6) is 0 Å². The van der Waals surface area contributed by atoms with Crippen LogP contribution in [0.25, 0.3) is 0 Å². The van der Waals surface area contributed by atoms with Crippen LogP contribution in [0.3, 0.4) is 0 Å². The number of aliphatic hydroxyl groups is 1. The first-order valence-corrected chi connectivity index (χ1v) is 5.01. The Morgan fingerprint density at radius 1 is 1.36 bits per heavy atom. The van der Waals surface area contributed by atoms with Gasteiger partial charge >= 0.3 is 0 Å². The minimum absolute atomic E-state index is 0.669. The molecule has 1 fully saturated rings. The molecule has 0 saturated carbocycles. The molecule has 4 nitrogen and oxygen atoms in total. The van der Waals surface area contributed by atoms with Crippen LogP contribution >= 0.6 is 0 Å². The van der Waals surface area contributed by atoms with Gasteiger partial charge in [0.2, 0.25) is 0 Å². The number of rotatable bonds is 1. The molecule has 1 N–H and O–H groups in total. The molecule has 78 valence electrons. The van der Waals surface area contributed by atoms with E-state index in [9.17, 15) is 5.11 Å². The van der Waals surface area contributed by atoms with Crippen molar-refractivity contribution in [3.63, 3.8) is 0 Å². The third-order valence-corrected chi connectivity index (χ3v) is 3.11. The molecule has 1 aliphatic heterocycles. The molecule has 1 aromatic heterocycles. The molecule has 2 rings (SSSR count). The molecule has 0 spiro atoms. The van der Waals surface area contributed by atoms with Crippen LogP contribution < -0.4 is 0 Å². The highest BCUT2D eigenvalue weighted by molar-refractivity contribution is 5.12. The van der Waals surface area contributed by atoms with Gasteiger partial charge in [-0.15, -0.1) is 0 Å². The Hall–Kier alpha value is -0.870. The van der Waals surface area contributed by atoms with E-state index >= 15 is 0 Å². The normalized spacial score (nSPS) is 22.5. The van der Waals surface area contributed by atoms with Crippen molar-refractivity contribution in [3.8, 4) is 0 Å². The standard InChI is InChI=1S/C10H17N3O/c1-12-7-4-10(14,5-8-12)9-3-6-11-13(9)2/h3,6,14H,4-5,7-8H2,1-2H3. The Morgan fingerprint density at radius 3 is 2.50 bits per heavy atom. The van der Waals surface area contributed by atoms with Gasteiger partial charge in [-0.1, -0.05) is 0 Å². The van der Waals surface area contributed by atoms with Crippen LogP contribution in [0.15, 0.2) is 12.3 Å². The Labute approximate surface area is 84.1 Å². The van der Waals surface area contributed by atoms with Crippen LogP contribution in [0.2, 0.25) is 0 Å². The first kappa shape index (κ1) is 9.68. The van der Waals surface area contributed by atoms with Gasteiger partial charge in [0.25, 0.3) is 0 Å². The molecule has 0 unspecified atom stereocenters. The van der Waals surface area contributed by atoms with E-state index in [1.165, 1.54) is 0 Å². The highest BCUT2D eigenvalue weighted by Gasteiger charge is 2.34. The molecule has 0 aliphatic carbocycles. The average Bonchev–Trinajstić information content (AvgIpc) is 2.58. The maximum Gasteiger partial charge on any atom is 0.109 e. The number of hydrogen-bond acceptors (Lipinski definition) is 3. The van der Waals surface area contributed by atoms with E-state index in [4.69, 9.17) is 0 Å². The van der Waals surface area contributed by atoms with E-state index in [1.54, 1.807) is 10.9 Å². The van der Waals surface area contributed by atoms with E-state index in [0.29, 0.717) is 0 Å². The Bertz CT molecular complexity index is 313. The first-order valence-electron chi connectivity index (χ1n) is 5.01. The zero-order valence-corrected chi connectivity index (χ0v) is 8.77. The van der Waals surface area contributed by atoms with E-state index in [0.717, 1.165) is 31.6 Å². The van der Waals surface area contributed by atoms with E-state index in [1.807, 2.05) is 13.1 Å². The Kier molecular flexibility index (Phi) is 2.33. The minimum Gasteiger partial charge on any atom is -0.383 e. The summed E-state index contributed by atoms with van der Waals surface area (Å²) in [5, 5.41) is 14.5. The molecule has 0 aromatic carbocycles.